The fourth-order valence-electron chi connectivity index (χ4n) is 5.52. The van der Waals surface area contributed by atoms with Crippen LogP contribution in [-0.4, -0.2) is 85.9 Å². The first-order chi connectivity index (χ1) is 23.5. The average molecular weight is 688 g/mol. The maximum Gasteiger partial charge on any atom is 0.254 e. The van der Waals surface area contributed by atoms with Crippen LogP contribution in [0.1, 0.15) is 62.8 Å². The quantitative estimate of drug-likeness (QED) is 0.253. The van der Waals surface area contributed by atoms with Gasteiger partial charge in [-0.15, -0.1) is 11.3 Å². The molecule has 0 spiro atoms. The average Bonchev–Trinajstić information content (AvgIpc) is 3.72. The Labute approximate surface area is 288 Å². The topological polar surface area (TPSA) is 180 Å². The number of fused-ring (bicyclic) bond motifs is 2. The predicted octanol–water partition coefficient (Wildman–Crippen LogP) is 2.43. The van der Waals surface area contributed by atoms with Crippen LogP contribution in [0, 0.1) is 5.92 Å². The highest BCUT2D eigenvalue weighted by molar-refractivity contribution is 7.16. The molecule has 4 aromatic rings. The van der Waals surface area contributed by atoms with Gasteiger partial charge >= 0.3 is 0 Å². The Balaban J connectivity index is 1.42. The van der Waals surface area contributed by atoms with Gasteiger partial charge in [-0.05, 0) is 50.8 Å². The van der Waals surface area contributed by atoms with Crippen molar-refractivity contribution in [2.75, 3.05) is 19.6 Å². The Morgan fingerprint density at radius 2 is 1.71 bits per heavy atom. The van der Waals surface area contributed by atoms with Gasteiger partial charge in [-0.25, -0.2) is 14.6 Å². The van der Waals surface area contributed by atoms with Crippen molar-refractivity contribution in [2.24, 2.45) is 5.92 Å². The van der Waals surface area contributed by atoms with Crippen LogP contribution in [0.4, 0.5) is 0 Å². The number of nitrogens with zero attached hydrogens (tertiary/aromatic N) is 5. The van der Waals surface area contributed by atoms with Crippen LogP contribution in [0.3, 0.4) is 0 Å². The fraction of sp³-hybridized carbons (Fsp3) is 0.412. The van der Waals surface area contributed by atoms with E-state index in [9.17, 15) is 24.0 Å². The van der Waals surface area contributed by atoms with E-state index in [0.29, 0.717) is 30.1 Å². The Hall–Kier alpha value is -5.18. The molecule has 0 bridgehead atoms. The number of carbonyl (C=O) groups is 5. The maximum absolute atomic E-state index is 13.7. The summed E-state index contributed by atoms with van der Waals surface area (Å²) >= 11 is 1.40. The number of amides is 5. The van der Waals surface area contributed by atoms with Crippen LogP contribution < -0.4 is 21.3 Å². The van der Waals surface area contributed by atoms with E-state index < -0.39 is 35.8 Å². The number of rotatable bonds is 4. The molecule has 0 unspecified atom stereocenters. The van der Waals surface area contributed by atoms with Gasteiger partial charge in [0.15, 0.2) is 5.82 Å². The lowest BCUT2D eigenvalue weighted by Gasteiger charge is -2.25. The van der Waals surface area contributed by atoms with E-state index in [4.69, 9.17) is 0 Å². The van der Waals surface area contributed by atoms with Gasteiger partial charge in [0.05, 0.1) is 28.3 Å². The molecule has 3 atom stereocenters. The normalized spacial score (nSPS) is 20.3. The molecular formula is C34H41N9O5S. The molecule has 0 fully saturated rings. The smallest absolute Gasteiger partial charge is 0.254 e. The second kappa shape index (κ2) is 15.8. The minimum Gasteiger partial charge on any atom is -0.354 e. The van der Waals surface area contributed by atoms with Gasteiger partial charge in [-0.1, -0.05) is 44.2 Å². The first kappa shape index (κ1) is 35.1. The van der Waals surface area contributed by atoms with Crippen LogP contribution >= 0.6 is 11.3 Å². The van der Waals surface area contributed by atoms with Crippen molar-refractivity contribution in [1.82, 2.24) is 45.9 Å². The third kappa shape index (κ3) is 9.04. The molecular weight excluding hydrogens is 646 g/mol. The van der Waals surface area contributed by atoms with Crippen molar-refractivity contribution < 1.29 is 24.0 Å². The maximum atomic E-state index is 13.7. The van der Waals surface area contributed by atoms with Crippen molar-refractivity contribution in [2.45, 2.75) is 65.2 Å². The standard InChI is InChI=1S/C34H41N9O5S/c1-20(2)15-26-33(47)38-21(3)31-40-30(23-9-6-5-7-10-23)41-43(31)18-28(44)35-13-8-14-42(17-29(45)37-22(4)32(46)39-26)34(48)24-11-12-25-27(16-24)49-19-36-25/h5-7,9-12,16,19-22,26H,8,13-15,17-18H2,1-4H3,(H,35,44)(H,37,45)(H,38,47)(H,39,46)/t21-,22+,26+/m0/s1. The van der Waals surface area contributed by atoms with E-state index in [1.54, 1.807) is 30.6 Å². The summed E-state index contributed by atoms with van der Waals surface area (Å²) in [7, 11) is 0. The Morgan fingerprint density at radius 1 is 0.939 bits per heavy atom. The highest BCUT2D eigenvalue weighted by Gasteiger charge is 2.29. The minimum absolute atomic E-state index is 0.0543. The summed E-state index contributed by atoms with van der Waals surface area (Å²) in [6, 6.07) is 11.9. The lowest BCUT2D eigenvalue weighted by molar-refractivity contribution is -0.132. The summed E-state index contributed by atoms with van der Waals surface area (Å²) in [4.78, 5) is 77.2. The van der Waals surface area contributed by atoms with Gasteiger partial charge in [0.2, 0.25) is 23.6 Å². The second-order valence-electron chi connectivity index (χ2n) is 12.5. The minimum atomic E-state index is -0.990. The van der Waals surface area contributed by atoms with Crippen molar-refractivity contribution >= 4 is 51.1 Å². The zero-order valence-electron chi connectivity index (χ0n) is 27.9. The number of aromatic nitrogens is 4. The van der Waals surface area contributed by atoms with Crippen molar-refractivity contribution in [3.8, 4) is 11.4 Å². The lowest BCUT2D eigenvalue weighted by Crippen LogP contribution is -2.54. The molecule has 2 aromatic carbocycles. The Morgan fingerprint density at radius 3 is 2.47 bits per heavy atom. The molecule has 5 rings (SSSR count). The zero-order chi connectivity index (χ0) is 35.1. The first-order valence-corrected chi connectivity index (χ1v) is 17.2. The van der Waals surface area contributed by atoms with Crippen molar-refractivity contribution in [1.29, 1.82) is 0 Å². The highest BCUT2D eigenvalue weighted by Crippen LogP contribution is 2.21. The van der Waals surface area contributed by atoms with Gasteiger partial charge < -0.3 is 26.2 Å². The third-order valence-corrected chi connectivity index (χ3v) is 8.80. The van der Waals surface area contributed by atoms with Gasteiger partial charge in [-0.2, -0.15) is 5.10 Å². The van der Waals surface area contributed by atoms with Gasteiger partial charge in [-0.3, -0.25) is 24.0 Å². The van der Waals surface area contributed by atoms with Crippen LogP contribution in [0.15, 0.2) is 54.0 Å². The summed E-state index contributed by atoms with van der Waals surface area (Å²) in [5.41, 5.74) is 3.60. The molecule has 1 aliphatic rings. The molecule has 0 aliphatic carbocycles. The van der Waals surface area contributed by atoms with E-state index in [1.807, 2.05) is 44.2 Å². The van der Waals surface area contributed by atoms with Gasteiger partial charge in [0.1, 0.15) is 24.5 Å². The molecule has 49 heavy (non-hydrogen) atoms. The molecule has 0 saturated heterocycles. The first-order valence-electron chi connectivity index (χ1n) is 16.3. The van der Waals surface area contributed by atoms with Crippen LogP contribution in [0.25, 0.3) is 21.6 Å². The molecule has 258 valence electrons. The summed E-state index contributed by atoms with van der Waals surface area (Å²) < 4.78 is 2.30. The summed E-state index contributed by atoms with van der Waals surface area (Å²) in [6.45, 7) is 7.02. The Kier molecular flexibility index (Phi) is 11.3. The molecule has 0 saturated carbocycles. The number of carbonyl (C=O) groups excluding carboxylic acids is 5. The van der Waals surface area contributed by atoms with Crippen molar-refractivity contribution in [3.05, 3.63) is 65.4 Å². The van der Waals surface area contributed by atoms with E-state index in [-0.39, 0.29) is 43.9 Å². The van der Waals surface area contributed by atoms with E-state index in [1.165, 1.54) is 27.8 Å². The summed E-state index contributed by atoms with van der Waals surface area (Å²) in [5, 5.41) is 15.8. The number of benzene rings is 2. The Bertz CT molecular complexity index is 1820. The number of nitrogens with one attached hydrogen (secondary N) is 4. The molecule has 3 heterocycles. The summed E-state index contributed by atoms with van der Waals surface area (Å²) in [6.07, 6.45) is 0.689. The highest BCUT2D eigenvalue weighted by atomic mass is 32.1. The van der Waals surface area contributed by atoms with Gasteiger partial charge in [0.25, 0.3) is 5.91 Å². The van der Waals surface area contributed by atoms with Gasteiger partial charge in [0, 0.05) is 24.2 Å². The zero-order valence-corrected chi connectivity index (χ0v) is 28.8. The SMILES string of the molecule is CC(C)C[C@H]1NC(=O)[C@@H](C)NC(=O)CN(C(=O)c2ccc3ncsc3c2)CCCNC(=O)Cn2nc(-c3ccccc3)nc2[C@H](C)NC1=O. The lowest BCUT2D eigenvalue weighted by atomic mass is 10.0. The molecule has 1 aliphatic heterocycles. The van der Waals surface area contributed by atoms with Crippen molar-refractivity contribution in [3.63, 3.8) is 0 Å². The van der Waals surface area contributed by atoms with Crippen LogP contribution in [-0.2, 0) is 25.7 Å². The molecule has 15 heteroatoms. The van der Waals surface area contributed by atoms with Crippen LogP contribution in [0.5, 0.6) is 0 Å². The predicted molar refractivity (Wildman–Crippen MR) is 184 cm³/mol. The largest absolute Gasteiger partial charge is 0.354 e. The monoisotopic (exact) mass is 687 g/mol. The van der Waals surface area contributed by atoms with Crippen LogP contribution in [0.2, 0.25) is 0 Å². The fourth-order valence-corrected chi connectivity index (χ4v) is 6.23. The van der Waals surface area contributed by atoms with E-state index >= 15 is 0 Å². The molecule has 0 radical (unpaired) electrons. The second-order valence-corrected chi connectivity index (χ2v) is 13.4. The molecule has 2 aromatic heterocycles. The summed E-state index contributed by atoms with van der Waals surface area (Å²) in [5.74, 6) is -1.42. The van der Waals surface area contributed by atoms with E-state index in [2.05, 4.69) is 36.3 Å². The van der Waals surface area contributed by atoms with E-state index in [0.717, 1.165) is 15.8 Å². The number of hydrogen-bond acceptors (Lipinski definition) is 9. The third-order valence-electron chi connectivity index (χ3n) is 8.01. The molecule has 5 amide bonds. The number of thiazole rings is 1. The number of hydrogen-bond donors (Lipinski definition) is 4. The molecule has 4 N–H and O–H groups in total. The molecule has 14 nitrogen and oxygen atoms in total.